The van der Waals surface area contributed by atoms with E-state index in [0.29, 0.717) is 12.1 Å². The highest BCUT2D eigenvalue weighted by Gasteiger charge is 2.12. The van der Waals surface area contributed by atoms with Crippen molar-refractivity contribution >= 4 is 22.7 Å². The standard InChI is InChI=1S/C12H20NPSi/c1-10(2)13(11(3)4)14-15-12-8-6-5-7-9-12/h5-11,14H,1-4H3. The Morgan fingerprint density at radius 3 is 2.00 bits per heavy atom. The average Bonchev–Trinajstić information content (AvgIpc) is 2.18. The van der Waals surface area contributed by atoms with Crippen molar-refractivity contribution in [1.29, 1.82) is 0 Å². The minimum absolute atomic E-state index is 0.652. The van der Waals surface area contributed by atoms with Gasteiger partial charge in [0.15, 0.2) is 0 Å². The van der Waals surface area contributed by atoms with Gasteiger partial charge in [0, 0.05) is 12.1 Å². The van der Waals surface area contributed by atoms with Crippen molar-refractivity contribution in [3.05, 3.63) is 30.3 Å². The molecule has 1 rings (SSSR count). The van der Waals surface area contributed by atoms with Crippen LogP contribution in [0.1, 0.15) is 27.7 Å². The molecule has 0 amide bonds. The van der Waals surface area contributed by atoms with Gasteiger partial charge in [0.05, 0.1) is 0 Å². The van der Waals surface area contributed by atoms with E-state index < -0.39 is 0 Å². The van der Waals surface area contributed by atoms with Gasteiger partial charge in [-0.25, -0.2) is 0 Å². The monoisotopic (exact) mass is 237 g/mol. The predicted molar refractivity (Wildman–Crippen MR) is 72.3 cm³/mol. The molecule has 0 N–H and O–H groups in total. The van der Waals surface area contributed by atoms with Gasteiger partial charge < -0.3 is 0 Å². The molecule has 2 radical (unpaired) electrons. The Hall–Kier alpha value is -0.173. The molecule has 82 valence electrons. The Labute approximate surface area is 97.8 Å². The summed E-state index contributed by atoms with van der Waals surface area (Å²) >= 11 is 0. The molecule has 1 nitrogen and oxygen atoms in total. The zero-order chi connectivity index (χ0) is 11.3. The summed E-state index contributed by atoms with van der Waals surface area (Å²) in [5.74, 6) is 0. The molecular formula is C12H20NPSi. The smallest absolute Gasteiger partial charge is 0.131 e. The van der Waals surface area contributed by atoms with Crippen LogP contribution in [0.3, 0.4) is 0 Å². The fraction of sp³-hybridized carbons (Fsp3) is 0.500. The van der Waals surface area contributed by atoms with E-state index in [2.05, 4.69) is 62.7 Å². The zero-order valence-electron chi connectivity index (χ0n) is 9.99. The minimum atomic E-state index is 0.652. The van der Waals surface area contributed by atoms with E-state index in [9.17, 15) is 0 Å². The van der Waals surface area contributed by atoms with Crippen molar-refractivity contribution in [1.82, 2.24) is 4.67 Å². The maximum Gasteiger partial charge on any atom is 0.131 e. The second-order valence-corrected chi connectivity index (χ2v) is 7.19. The number of benzene rings is 1. The molecule has 1 unspecified atom stereocenters. The van der Waals surface area contributed by atoms with E-state index in [4.69, 9.17) is 0 Å². The summed E-state index contributed by atoms with van der Waals surface area (Å²) in [6, 6.07) is 12.1. The van der Waals surface area contributed by atoms with Gasteiger partial charge in [0.25, 0.3) is 0 Å². The van der Waals surface area contributed by atoms with Crippen LogP contribution in [0.25, 0.3) is 0 Å². The van der Waals surface area contributed by atoms with E-state index in [1.807, 2.05) is 0 Å². The van der Waals surface area contributed by atoms with Crippen LogP contribution in [-0.2, 0) is 0 Å². The van der Waals surface area contributed by atoms with Crippen molar-refractivity contribution < 1.29 is 0 Å². The van der Waals surface area contributed by atoms with Crippen molar-refractivity contribution in [2.75, 3.05) is 0 Å². The van der Waals surface area contributed by atoms with Crippen molar-refractivity contribution in [3.63, 3.8) is 0 Å². The van der Waals surface area contributed by atoms with Crippen LogP contribution in [0, 0.1) is 0 Å². The van der Waals surface area contributed by atoms with Gasteiger partial charge in [-0.2, -0.15) is 0 Å². The Morgan fingerprint density at radius 1 is 1.00 bits per heavy atom. The molecule has 0 aromatic heterocycles. The third-order valence-electron chi connectivity index (χ3n) is 2.22. The molecule has 0 saturated carbocycles. The summed E-state index contributed by atoms with van der Waals surface area (Å²) in [6.07, 6.45) is 0. The first kappa shape index (κ1) is 12.9. The molecule has 0 bridgehead atoms. The number of rotatable bonds is 5. The third-order valence-corrected chi connectivity index (χ3v) is 6.22. The molecule has 0 aliphatic rings. The van der Waals surface area contributed by atoms with Crippen LogP contribution in [0.5, 0.6) is 0 Å². The molecule has 3 heteroatoms. The van der Waals surface area contributed by atoms with E-state index in [1.54, 1.807) is 0 Å². The van der Waals surface area contributed by atoms with E-state index in [0.717, 1.165) is 17.5 Å². The lowest BCUT2D eigenvalue weighted by Crippen LogP contribution is -2.31. The Balaban J connectivity index is 2.47. The molecule has 1 atom stereocenters. The van der Waals surface area contributed by atoms with Crippen molar-refractivity contribution in [3.8, 4) is 0 Å². The summed E-state index contributed by atoms with van der Waals surface area (Å²) in [5, 5.41) is 1.47. The van der Waals surface area contributed by atoms with Gasteiger partial charge in [-0.15, -0.1) is 0 Å². The third kappa shape index (κ3) is 4.46. The fourth-order valence-electron chi connectivity index (χ4n) is 1.51. The molecule has 1 aromatic carbocycles. The number of hydrogen-bond donors (Lipinski definition) is 0. The first-order valence-electron chi connectivity index (χ1n) is 5.46. The van der Waals surface area contributed by atoms with Gasteiger partial charge in [-0.05, 0) is 27.7 Å². The fourth-order valence-corrected chi connectivity index (χ4v) is 5.46. The molecule has 0 saturated heterocycles. The molecule has 1 aromatic rings. The van der Waals surface area contributed by atoms with Crippen molar-refractivity contribution in [2.24, 2.45) is 0 Å². The molecule has 0 heterocycles. The highest BCUT2D eigenvalue weighted by Crippen LogP contribution is 2.22. The number of nitrogens with zero attached hydrogens (tertiary/aromatic N) is 1. The Bertz CT molecular complexity index is 266. The van der Waals surface area contributed by atoms with Gasteiger partial charge in [0.2, 0.25) is 0 Å². The zero-order valence-corrected chi connectivity index (χ0v) is 12.0. The molecule has 0 spiro atoms. The molecule has 15 heavy (non-hydrogen) atoms. The summed E-state index contributed by atoms with van der Waals surface area (Å²) in [7, 11) is 1.85. The lowest BCUT2D eigenvalue weighted by atomic mass is 10.3. The summed E-state index contributed by atoms with van der Waals surface area (Å²) in [5.41, 5.74) is 0. The van der Waals surface area contributed by atoms with Crippen molar-refractivity contribution in [2.45, 2.75) is 39.8 Å². The first-order chi connectivity index (χ1) is 7.11. The second-order valence-electron chi connectivity index (χ2n) is 4.20. The average molecular weight is 237 g/mol. The Morgan fingerprint density at radius 2 is 1.53 bits per heavy atom. The van der Waals surface area contributed by atoms with Gasteiger partial charge >= 0.3 is 0 Å². The largest absolute Gasteiger partial charge is 0.284 e. The van der Waals surface area contributed by atoms with Gasteiger partial charge in [0.1, 0.15) is 9.19 Å². The molecule has 0 aliphatic carbocycles. The predicted octanol–water partition coefficient (Wildman–Crippen LogP) is 2.64. The Kier molecular flexibility index (Phi) is 5.52. The molecule has 0 fully saturated rings. The van der Waals surface area contributed by atoms with E-state index >= 15 is 0 Å². The maximum absolute atomic E-state index is 2.57. The highest BCUT2D eigenvalue weighted by molar-refractivity contribution is 7.71. The van der Waals surface area contributed by atoms with Gasteiger partial charge in [-0.1, -0.05) is 43.8 Å². The van der Waals surface area contributed by atoms with Crippen LogP contribution >= 0.6 is 8.28 Å². The summed E-state index contributed by atoms with van der Waals surface area (Å²) in [4.78, 5) is 0. The van der Waals surface area contributed by atoms with Gasteiger partial charge in [-0.3, -0.25) is 4.67 Å². The highest BCUT2D eigenvalue weighted by atomic mass is 31.3. The van der Waals surface area contributed by atoms with Crippen LogP contribution in [0.15, 0.2) is 30.3 Å². The summed E-state index contributed by atoms with van der Waals surface area (Å²) < 4.78 is 2.57. The molecule has 0 aliphatic heterocycles. The number of hydrogen-bond acceptors (Lipinski definition) is 1. The second kappa shape index (κ2) is 6.42. The van der Waals surface area contributed by atoms with Crippen LogP contribution in [0.2, 0.25) is 0 Å². The quantitative estimate of drug-likeness (QED) is 0.562. The lowest BCUT2D eigenvalue weighted by molar-refractivity contribution is 0.332. The SMILES string of the molecule is CC(C)N(P[Si]c1ccccc1)C(C)C. The van der Waals surface area contributed by atoms with Crippen LogP contribution < -0.4 is 5.19 Å². The minimum Gasteiger partial charge on any atom is -0.284 e. The van der Waals surface area contributed by atoms with E-state index in [1.165, 1.54) is 5.19 Å². The van der Waals surface area contributed by atoms with E-state index in [-0.39, 0.29) is 0 Å². The lowest BCUT2D eigenvalue weighted by Gasteiger charge is -2.30. The van der Waals surface area contributed by atoms with Crippen LogP contribution in [-0.4, -0.2) is 25.9 Å². The van der Waals surface area contributed by atoms with Crippen LogP contribution in [0.4, 0.5) is 0 Å². The first-order valence-corrected chi connectivity index (χ1v) is 8.41. The summed E-state index contributed by atoms with van der Waals surface area (Å²) in [6.45, 7) is 9.12. The maximum atomic E-state index is 2.57. The normalized spacial score (nSPS) is 12.5. The molecular weight excluding hydrogens is 217 g/mol. The topological polar surface area (TPSA) is 3.24 Å².